The number of methoxy groups -OCH3 is 1. The molecule has 0 aliphatic rings. The second-order valence-corrected chi connectivity index (χ2v) is 5.79. The van der Waals surface area contributed by atoms with E-state index in [1.165, 1.54) is 6.08 Å². The molecule has 0 heterocycles. The number of rotatable bonds is 11. The first-order valence-corrected chi connectivity index (χ1v) is 8.89. The number of aldehydes is 1. The molecule has 0 unspecified atom stereocenters. The number of ether oxygens (including phenoxy) is 3. The number of hydrogen-bond donors (Lipinski definition) is 0. The largest absolute Gasteiger partial charge is 0.496 e. The Morgan fingerprint density at radius 2 is 1.73 bits per heavy atom. The average Bonchev–Trinajstić information content (AvgIpc) is 2.69. The van der Waals surface area contributed by atoms with E-state index in [1.807, 2.05) is 42.5 Å². The van der Waals surface area contributed by atoms with E-state index < -0.39 is 0 Å². The molecular formula is C22H26O4. The van der Waals surface area contributed by atoms with Crippen molar-refractivity contribution in [3.63, 3.8) is 0 Å². The van der Waals surface area contributed by atoms with Gasteiger partial charge in [0.25, 0.3) is 0 Å². The van der Waals surface area contributed by atoms with Crippen molar-refractivity contribution in [2.75, 3.05) is 26.9 Å². The molecular weight excluding hydrogens is 328 g/mol. The van der Waals surface area contributed by atoms with Gasteiger partial charge in [0.1, 0.15) is 24.4 Å². The lowest BCUT2D eigenvalue weighted by Gasteiger charge is -2.10. The van der Waals surface area contributed by atoms with Gasteiger partial charge in [-0.25, -0.2) is 0 Å². The summed E-state index contributed by atoms with van der Waals surface area (Å²) < 4.78 is 16.5. The van der Waals surface area contributed by atoms with Gasteiger partial charge in [0, 0.05) is 12.2 Å². The number of allylic oxidation sites excluding steroid dienone is 1. The van der Waals surface area contributed by atoms with Gasteiger partial charge in [0.2, 0.25) is 0 Å². The second kappa shape index (κ2) is 11.1. The van der Waals surface area contributed by atoms with Crippen LogP contribution in [0.1, 0.15) is 25.3 Å². The monoisotopic (exact) mass is 354 g/mol. The van der Waals surface area contributed by atoms with E-state index in [4.69, 9.17) is 14.2 Å². The fourth-order valence-corrected chi connectivity index (χ4v) is 2.50. The van der Waals surface area contributed by atoms with Gasteiger partial charge in [-0.3, -0.25) is 4.79 Å². The van der Waals surface area contributed by atoms with E-state index in [1.54, 1.807) is 13.2 Å². The van der Waals surface area contributed by atoms with Crippen molar-refractivity contribution in [3.05, 3.63) is 54.1 Å². The summed E-state index contributed by atoms with van der Waals surface area (Å²) >= 11 is 0. The summed E-state index contributed by atoms with van der Waals surface area (Å²) in [5, 5.41) is 0. The first-order chi connectivity index (χ1) is 12.8. The van der Waals surface area contributed by atoms with Crippen molar-refractivity contribution in [2.24, 2.45) is 0 Å². The standard InChI is InChI=1S/C22H26O4/c1-3-4-14-25-15-16-26-21-10-7-18(8-11-21)19-9-12-22(24-2)20(17-19)6-5-13-23/h5-13,17H,3-4,14-16H2,1-2H3/b6-5+. The van der Waals surface area contributed by atoms with Gasteiger partial charge in [-0.1, -0.05) is 31.5 Å². The summed E-state index contributed by atoms with van der Waals surface area (Å²) in [6.07, 6.45) is 6.18. The highest BCUT2D eigenvalue weighted by molar-refractivity contribution is 5.78. The van der Waals surface area contributed by atoms with Crippen LogP contribution < -0.4 is 9.47 Å². The van der Waals surface area contributed by atoms with Crippen molar-refractivity contribution in [1.29, 1.82) is 0 Å². The van der Waals surface area contributed by atoms with Gasteiger partial charge in [-0.15, -0.1) is 0 Å². The molecule has 2 rings (SSSR count). The molecule has 2 aromatic rings. The van der Waals surface area contributed by atoms with Crippen LogP contribution in [-0.2, 0) is 9.53 Å². The molecule has 0 amide bonds. The quantitative estimate of drug-likeness (QED) is 0.331. The Balaban J connectivity index is 1.99. The number of carbonyl (C=O) groups is 1. The number of hydrogen-bond acceptors (Lipinski definition) is 4. The summed E-state index contributed by atoms with van der Waals surface area (Å²) in [7, 11) is 1.62. The van der Waals surface area contributed by atoms with Gasteiger partial charge in [-0.05, 0) is 54.0 Å². The van der Waals surface area contributed by atoms with Crippen molar-refractivity contribution in [2.45, 2.75) is 19.8 Å². The van der Waals surface area contributed by atoms with Gasteiger partial charge in [-0.2, -0.15) is 0 Å². The van der Waals surface area contributed by atoms with Gasteiger partial charge >= 0.3 is 0 Å². The molecule has 0 N–H and O–H groups in total. The van der Waals surface area contributed by atoms with E-state index in [0.29, 0.717) is 13.2 Å². The molecule has 0 aliphatic carbocycles. The SMILES string of the molecule is CCCCOCCOc1ccc(-c2ccc(OC)c(/C=C/C=O)c2)cc1. The Morgan fingerprint density at radius 3 is 2.42 bits per heavy atom. The zero-order chi connectivity index (χ0) is 18.6. The molecule has 0 bridgehead atoms. The van der Waals surface area contributed by atoms with Gasteiger partial charge in [0.15, 0.2) is 0 Å². The third-order valence-corrected chi connectivity index (χ3v) is 3.91. The molecule has 0 atom stereocenters. The summed E-state index contributed by atoms with van der Waals surface area (Å²) in [6, 6.07) is 13.8. The Bertz CT molecular complexity index is 705. The fourth-order valence-electron chi connectivity index (χ4n) is 2.50. The van der Waals surface area contributed by atoms with Crippen LogP contribution in [0.5, 0.6) is 11.5 Å². The van der Waals surface area contributed by atoms with E-state index in [2.05, 4.69) is 6.92 Å². The smallest absolute Gasteiger partial charge is 0.142 e. The van der Waals surface area contributed by atoms with Crippen LogP contribution in [0.25, 0.3) is 17.2 Å². The van der Waals surface area contributed by atoms with Crippen molar-refractivity contribution >= 4 is 12.4 Å². The summed E-state index contributed by atoms with van der Waals surface area (Å²) in [5.74, 6) is 1.55. The van der Waals surface area contributed by atoms with Gasteiger partial charge in [0.05, 0.1) is 13.7 Å². The lowest BCUT2D eigenvalue weighted by atomic mass is 10.0. The Kier molecular flexibility index (Phi) is 8.43. The van der Waals surface area contributed by atoms with Crippen LogP contribution >= 0.6 is 0 Å². The van der Waals surface area contributed by atoms with E-state index in [0.717, 1.165) is 53.9 Å². The zero-order valence-corrected chi connectivity index (χ0v) is 15.4. The summed E-state index contributed by atoms with van der Waals surface area (Å²) in [4.78, 5) is 10.6. The molecule has 0 spiro atoms. The molecule has 0 fully saturated rings. The molecule has 138 valence electrons. The van der Waals surface area contributed by atoms with Crippen molar-refractivity contribution in [1.82, 2.24) is 0 Å². The van der Waals surface area contributed by atoms with E-state index >= 15 is 0 Å². The van der Waals surface area contributed by atoms with E-state index in [-0.39, 0.29) is 0 Å². The Morgan fingerprint density at radius 1 is 0.962 bits per heavy atom. The van der Waals surface area contributed by atoms with Crippen LogP contribution in [0.4, 0.5) is 0 Å². The number of unbranched alkanes of at least 4 members (excludes halogenated alkanes) is 1. The molecule has 4 heteroatoms. The first-order valence-electron chi connectivity index (χ1n) is 8.89. The van der Waals surface area contributed by atoms with Crippen LogP contribution in [-0.4, -0.2) is 33.2 Å². The molecule has 0 saturated heterocycles. The molecule has 26 heavy (non-hydrogen) atoms. The second-order valence-electron chi connectivity index (χ2n) is 5.79. The number of benzene rings is 2. The highest BCUT2D eigenvalue weighted by Gasteiger charge is 2.04. The highest BCUT2D eigenvalue weighted by Crippen LogP contribution is 2.28. The molecule has 2 aromatic carbocycles. The maximum atomic E-state index is 10.6. The Labute approximate surface area is 155 Å². The lowest BCUT2D eigenvalue weighted by Crippen LogP contribution is -2.07. The molecule has 0 aromatic heterocycles. The first kappa shape index (κ1) is 19.7. The maximum Gasteiger partial charge on any atom is 0.142 e. The predicted octanol–water partition coefficient (Wildman–Crippen LogP) is 4.77. The van der Waals surface area contributed by atoms with Crippen LogP contribution in [0.2, 0.25) is 0 Å². The topological polar surface area (TPSA) is 44.8 Å². The fraction of sp³-hybridized carbons (Fsp3) is 0.318. The zero-order valence-electron chi connectivity index (χ0n) is 15.4. The summed E-state index contributed by atoms with van der Waals surface area (Å²) in [5.41, 5.74) is 2.98. The molecule has 0 saturated carbocycles. The third kappa shape index (κ3) is 6.05. The average molecular weight is 354 g/mol. The van der Waals surface area contributed by atoms with E-state index in [9.17, 15) is 4.79 Å². The minimum Gasteiger partial charge on any atom is -0.496 e. The van der Waals surface area contributed by atoms with Crippen molar-refractivity contribution < 1.29 is 19.0 Å². The maximum absolute atomic E-state index is 10.6. The molecule has 0 aliphatic heterocycles. The van der Waals surface area contributed by atoms with Crippen LogP contribution in [0.3, 0.4) is 0 Å². The van der Waals surface area contributed by atoms with Crippen LogP contribution in [0.15, 0.2) is 48.5 Å². The molecule has 4 nitrogen and oxygen atoms in total. The predicted molar refractivity (Wildman–Crippen MR) is 105 cm³/mol. The minimum absolute atomic E-state index is 0.548. The van der Waals surface area contributed by atoms with Crippen molar-refractivity contribution in [3.8, 4) is 22.6 Å². The van der Waals surface area contributed by atoms with Crippen LogP contribution in [0, 0.1) is 0 Å². The highest BCUT2D eigenvalue weighted by atomic mass is 16.5. The third-order valence-electron chi connectivity index (χ3n) is 3.91. The minimum atomic E-state index is 0.548. The number of carbonyl (C=O) groups excluding carboxylic acids is 1. The summed E-state index contributed by atoms with van der Waals surface area (Å²) in [6.45, 7) is 4.09. The normalized spacial score (nSPS) is 10.8. The Hall–Kier alpha value is -2.59. The molecule has 0 radical (unpaired) electrons. The van der Waals surface area contributed by atoms with Gasteiger partial charge < -0.3 is 14.2 Å². The lowest BCUT2D eigenvalue weighted by molar-refractivity contribution is -0.104.